The maximum absolute atomic E-state index is 5.65. The van der Waals surface area contributed by atoms with Crippen molar-refractivity contribution in [2.24, 2.45) is 4.99 Å². The molecule has 5 rings (SSSR count). The Morgan fingerprint density at radius 1 is 0.773 bits per heavy atom. The third-order valence-corrected chi connectivity index (χ3v) is 4.32. The molecule has 0 amide bonds. The van der Waals surface area contributed by atoms with Crippen molar-refractivity contribution < 1.29 is 4.74 Å². The third kappa shape index (κ3) is 1.58. The first-order valence-corrected chi connectivity index (χ1v) is 7.44. The van der Waals surface area contributed by atoms with Crippen molar-refractivity contribution in [3.05, 3.63) is 72.4 Å². The number of hydrogen-bond acceptors (Lipinski definition) is 2. The Balaban J connectivity index is 1.90. The fourth-order valence-corrected chi connectivity index (χ4v) is 3.36. The lowest BCUT2D eigenvalue weighted by Crippen LogP contribution is -2.09. The van der Waals surface area contributed by atoms with E-state index in [1.807, 2.05) is 12.3 Å². The zero-order valence-electron chi connectivity index (χ0n) is 11.9. The van der Waals surface area contributed by atoms with E-state index in [1.165, 1.54) is 32.3 Å². The average Bonchev–Trinajstić information content (AvgIpc) is 2.60. The van der Waals surface area contributed by atoms with Crippen LogP contribution in [0.4, 0.5) is 0 Å². The predicted octanol–water partition coefficient (Wildman–Crippen LogP) is 4.87. The van der Waals surface area contributed by atoms with Crippen LogP contribution in [0.25, 0.3) is 32.3 Å². The second-order valence-electron chi connectivity index (χ2n) is 5.64. The maximum atomic E-state index is 5.65. The van der Waals surface area contributed by atoms with E-state index < -0.39 is 0 Å². The second kappa shape index (κ2) is 4.31. The molecule has 0 fully saturated rings. The highest BCUT2D eigenvalue weighted by Gasteiger charge is 2.12. The van der Waals surface area contributed by atoms with Crippen LogP contribution in [0.1, 0.15) is 5.56 Å². The van der Waals surface area contributed by atoms with Gasteiger partial charge < -0.3 is 4.74 Å². The lowest BCUT2D eigenvalue weighted by molar-refractivity contribution is 0.346. The van der Waals surface area contributed by atoms with Crippen LogP contribution < -0.4 is 0 Å². The monoisotopic (exact) mass is 283 g/mol. The zero-order valence-corrected chi connectivity index (χ0v) is 11.9. The van der Waals surface area contributed by atoms with Crippen LogP contribution in [0.15, 0.2) is 71.9 Å². The Morgan fingerprint density at radius 3 is 2.05 bits per heavy atom. The van der Waals surface area contributed by atoms with Gasteiger partial charge in [-0.15, -0.1) is 0 Å². The van der Waals surface area contributed by atoms with Crippen molar-refractivity contribution in [2.75, 3.05) is 6.61 Å². The van der Waals surface area contributed by atoms with E-state index in [9.17, 15) is 0 Å². The number of aliphatic imine (C=N–C) groups is 1. The summed E-state index contributed by atoms with van der Waals surface area (Å²) in [6, 6.07) is 19.6. The molecule has 4 aromatic rings. The molecular formula is C20H13NO. The van der Waals surface area contributed by atoms with Crippen molar-refractivity contribution in [1.29, 1.82) is 0 Å². The molecule has 2 nitrogen and oxygen atoms in total. The Hall–Kier alpha value is -2.87. The molecule has 1 aliphatic heterocycles. The van der Waals surface area contributed by atoms with Crippen molar-refractivity contribution >= 4 is 38.2 Å². The van der Waals surface area contributed by atoms with E-state index >= 15 is 0 Å². The molecule has 0 spiro atoms. The standard InChI is InChI=1S/C20H13NO/c1-3-13-5-7-15-11-17(20-21-9-2-10-22-20)12-16-8-6-14(4-1)18(13)19(15)16/h1-9,11-12H,10H2. The highest BCUT2D eigenvalue weighted by Crippen LogP contribution is 2.35. The van der Waals surface area contributed by atoms with Crippen LogP contribution >= 0.6 is 0 Å². The first-order chi connectivity index (χ1) is 10.9. The van der Waals surface area contributed by atoms with Crippen LogP contribution in [0, 0.1) is 0 Å². The van der Waals surface area contributed by atoms with Crippen LogP contribution in [0.3, 0.4) is 0 Å². The molecule has 0 aliphatic carbocycles. The van der Waals surface area contributed by atoms with Crippen molar-refractivity contribution in [3.63, 3.8) is 0 Å². The minimum atomic E-state index is 0.587. The maximum Gasteiger partial charge on any atom is 0.221 e. The summed E-state index contributed by atoms with van der Waals surface area (Å²) in [6.45, 7) is 0.587. The largest absolute Gasteiger partial charge is 0.473 e. The number of nitrogens with zero attached hydrogens (tertiary/aromatic N) is 1. The molecule has 1 heterocycles. The van der Waals surface area contributed by atoms with E-state index in [4.69, 9.17) is 4.74 Å². The van der Waals surface area contributed by atoms with Crippen LogP contribution in [-0.2, 0) is 4.74 Å². The summed E-state index contributed by atoms with van der Waals surface area (Å²) < 4.78 is 5.65. The molecule has 4 aromatic carbocycles. The van der Waals surface area contributed by atoms with E-state index in [1.54, 1.807) is 0 Å². The number of ether oxygens (including phenoxy) is 1. The summed E-state index contributed by atoms with van der Waals surface area (Å²) in [4.78, 5) is 4.35. The van der Waals surface area contributed by atoms with Gasteiger partial charge in [0.05, 0.1) is 0 Å². The molecule has 0 saturated carbocycles. The van der Waals surface area contributed by atoms with E-state index in [0.29, 0.717) is 12.5 Å². The molecule has 0 atom stereocenters. The summed E-state index contributed by atoms with van der Waals surface area (Å²) in [7, 11) is 0. The summed E-state index contributed by atoms with van der Waals surface area (Å²) in [5.41, 5.74) is 1.04. The Kier molecular flexibility index (Phi) is 2.30. The van der Waals surface area contributed by atoms with Gasteiger partial charge in [0, 0.05) is 11.8 Å². The van der Waals surface area contributed by atoms with E-state index in [0.717, 1.165) is 5.56 Å². The first-order valence-electron chi connectivity index (χ1n) is 7.44. The first kappa shape index (κ1) is 11.8. The summed E-state index contributed by atoms with van der Waals surface area (Å²) in [6.07, 6.45) is 3.72. The van der Waals surface area contributed by atoms with Gasteiger partial charge in [-0.1, -0.05) is 42.5 Å². The van der Waals surface area contributed by atoms with Gasteiger partial charge >= 0.3 is 0 Å². The van der Waals surface area contributed by atoms with Gasteiger partial charge in [-0.2, -0.15) is 0 Å². The van der Waals surface area contributed by atoms with Gasteiger partial charge in [-0.25, -0.2) is 4.99 Å². The van der Waals surface area contributed by atoms with Gasteiger partial charge in [0.2, 0.25) is 5.90 Å². The molecular weight excluding hydrogens is 270 g/mol. The highest BCUT2D eigenvalue weighted by molar-refractivity contribution is 6.24. The molecule has 0 N–H and O–H groups in total. The fourth-order valence-electron chi connectivity index (χ4n) is 3.36. The Morgan fingerprint density at radius 2 is 1.41 bits per heavy atom. The van der Waals surface area contributed by atoms with Gasteiger partial charge in [0.1, 0.15) is 6.61 Å². The zero-order chi connectivity index (χ0) is 14.5. The summed E-state index contributed by atoms with van der Waals surface area (Å²) in [5, 5.41) is 7.71. The topological polar surface area (TPSA) is 21.6 Å². The smallest absolute Gasteiger partial charge is 0.221 e. The molecule has 0 bridgehead atoms. The lowest BCUT2D eigenvalue weighted by atomic mass is 9.93. The second-order valence-corrected chi connectivity index (χ2v) is 5.64. The van der Waals surface area contributed by atoms with E-state index in [-0.39, 0.29) is 0 Å². The summed E-state index contributed by atoms with van der Waals surface area (Å²) >= 11 is 0. The van der Waals surface area contributed by atoms with Crippen molar-refractivity contribution in [3.8, 4) is 0 Å². The summed E-state index contributed by atoms with van der Waals surface area (Å²) in [5.74, 6) is 0.702. The van der Waals surface area contributed by atoms with Gasteiger partial charge in [0.25, 0.3) is 0 Å². The van der Waals surface area contributed by atoms with Crippen LogP contribution in [0.2, 0.25) is 0 Å². The number of rotatable bonds is 1. The minimum Gasteiger partial charge on any atom is -0.473 e. The molecule has 104 valence electrons. The third-order valence-electron chi connectivity index (χ3n) is 4.32. The van der Waals surface area contributed by atoms with Gasteiger partial charge in [-0.3, -0.25) is 0 Å². The van der Waals surface area contributed by atoms with E-state index in [2.05, 4.69) is 59.6 Å². The average molecular weight is 283 g/mol. The molecule has 0 aromatic heterocycles. The fraction of sp³-hybridized carbons (Fsp3) is 0.0500. The Bertz CT molecular complexity index is 1010. The number of benzene rings is 4. The predicted molar refractivity (Wildman–Crippen MR) is 91.8 cm³/mol. The minimum absolute atomic E-state index is 0.587. The quantitative estimate of drug-likeness (QED) is 0.456. The number of hydrogen-bond donors (Lipinski definition) is 0. The Labute approximate surface area is 127 Å². The lowest BCUT2D eigenvalue weighted by Gasteiger charge is -2.14. The molecule has 2 heteroatoms. The van der Waals surface area contributed by atoms with Crippen LogP contribution in [-0.4, -0.2) is 12.5 Å². The normalized spacial score (nSPS) is 14.6. The SMILES string of the molecule is C1=CN=C(c2cc3ccc4cccc5ccc(c2)c3c45)OC1. The highest BCUT2D eigenvalue weighted by atomic mass is 16.5. The molecule has 1 aliphatic rings. The van der Waals surface area contributed by atoms with Gasteiger partial charge in [0.15, 0.2) is 0 Å². The van der Waals surface area contributed by atoms with Crippen molar-refractivity contribution in [1.82, 2.24) is 0 Å². The van der Waals surface area contributed by atoms with Crippen molar-refractivity contribution in [2.45, 2.75) is 0 Å². The molecule has 0 saturated heterocycles. The molecule has 0 unspecified atom stereocenters. The van der Waals surface area contributed by atoms with Gasteiger partial charge in [-0.05, 0) is 50.5 Å². The molecule has 22 heavy (non-hydrogen) atoms. The molecule has 0 radical (unpaired) electrons. The van der Waals surface area contributed by atoms with Crippen LogP contribution in [0.5, 0.6) is 0 Å².